The zero-order valence-corrected chi connectivity index (χ0v) is 9.67. The molecule has 2 aromatic rings. The van der Waals surface area contributed by atoms with Gasteiger partial charge in [-0.3, -0.25) is 4.79 Å². The number of pyridine rings is 1. The van der Waals surface area contributed by atoms with E-state index in [0.29, 0.717) is 6.54 Å². The predicted molar refractivity (Wildman–Crippen MR) is 70.1 cm³/mol. The summed E-state index contributed by atoms with van der Waals surface area (Å²) in [6.07, 6.45) is 4.53. The Morgan fingerprint density at radius 1 is 1.06 bits per heavy atom. The summed E-state index contributed by atoms with van der Waals surface area (Å²) >= 11 is 0. The van der Waals surface area contributed by atoms with Gasteiger partial charge in [-0.1, -0.05) is 42.5 Å². The van der Waals surface area contributed by atoms with Gasteiger partial charge in [0, 0.05) is 12.3 Å². The molecule has 2 rings (SSSR count). The van der Waals surface area contributed by atoms with Crippen molar-refractivity contribution in [2.24, 2.45) is 0 Å². The van der Waals surface area contributed by atoms with Gasteiger partial charge in [-0.25, -0.2) is 0 Å². The van der Waals surface area contributed by atoms with E-state index in [1.807, 2.05) is 48.7 Å². The highest BCUT2D eigenvalue weighted by atomic mass is 16.1. The van der Waals surface area contributed by atoms with Crippen LogP contribution in [0.4, 0.5) is 0 Å². The van der Waals surface area contributed by atoms with Crippen LogP contribution in [0.5, 0.6) is 0 Å². The topological polar surface area (TPSA) is 22.0 Å². The standard InChI is InChI=1S/C15H15NO/c1-2-6-13-9-10-15(17)16(11-13)12-14-7-4-3-5-8-14/h2-5,7-11H,1,6,12H2. The van der Waals surface area contributed by atoms with Crippen LogP contribution >= 0.6 is 0 Å². The lowest BCUT2D eigenvalue weighted by Crippen LogP contribution is -2.19. The van der Waals surface area contributed by atoms with Crippen molar-refractivity contribution in [2.45, 2.75) is 13.0 Å². The van der Waals surface area contributed by atoms with E-state index in [1.165, 1.54) is 0 Å². The van der Waals surface area contributed by atoms with E-state index < -0.39 is 0 Å². The molecule has 0 saturated heterocycles. The van der Waals surface area contributed by atoms with Crippen LogP contribution in [0.2, 0.25) is 0 Å². The van der Waals surface area contributed by atoms with E-state index in [9.17, 15) is 4.79 Å². The van der Waals surface area contributed by atoms with Crippen molar-refractivity contribution in [3.05, 3.63) is 82.8 Å². The van der Waals surface area contributed by atoms with E-state index in [2.05, 4.69) is 6.58 Å². The maximum Gasteiger partial charge on any atom is 0.250 e. The first kappa shape index (κ1) is 11.4. The van der Waals surface area contributed by atoms with E-state index in [4.69, 9.17) is 0 Å². The van der Waals surface area contributed by atoms with Crippen LogP contribution in [0.25, 0.3) is 0 Å². The molecule has 0 unspecified atom stereocenters. The molecule has 0 spiro atoms. The fraction of sp³-hybridized carbons (Fsp3) is 0.133. The SMILES string of the molecule is C=CCc1ccc(=O)n(Cc2ccccc2)c1. The van der Waals surface area contributed by atoms with Gasteiger partial charge < -0.3 is 4.57 Å². The van der Waals surface area contributed by atoms with Crippen molar-refractivity contribution < 1.29 is 0 Å². The molecule has 2 heteroatoms. The highest BCUT2D eigenvalue weighted by molar-refractivity contribution is 5.18. The second-order valence-electron chi connectivity index (χ2n) is 3.98. The first-order valence-corrected chi connectivity index (χ1v) is 5.64. The van der Waals surface area contributed by atoms with Gasteiger partial charge in [-0.15, -0.1) is 6.58 Å². The number of benzene rings is 1. The van der Waals surface area contributed by atoms with Gasteiger partial charge in [0.2, 0.25) is 0 Å². The highest BCUT2D eigenvalue weighted by Crippen LogP contribution is 2.03. The summed E-state index contributed by atoms with van der Waals surface area (Å²) in [7, 11) is 0. The monoisotopic (exact) mass is 225 g/mol. The molecule has 0 bridgehead atoms. The first-order valence-electron chi connectivity index (χ1n) is 5.64. The normalized spacial score (nSPS) is 10.1. The molecule has 1 aromatic carbocycles. The van der Waals surface area contributed by atoms with Gasteiger partial charge >= 0.3 is 0 Å². The molecule has 0 N–H and O–H groups in total. The third kappa shape index (κ3) is 2.94. The summed E-state index contributed by atoms with van der Waals surface area (Å²) in [6, 6.07) is 13.4. The summed E-state index contributed by atoms with van der Waals surface area (Å²) in [5.74, 6) is 0. The number of nitrogens with zero attached hydrogens (tertiary/aromatic N) is 1. The molecule has 0 aliphatic carbocycles. The third-order valence-electron chi connectivity index (χ3n) is 2.62. The van der Waals surface area contributed by atoms with Crippen LogP contribution in [-0.4, -0.2) is 4.57 Å². The lowest BCUT2D eigenvalue weighted by atomic mass is 10.2. The Labute approximate surface area is 101 Å². The zero-order valence-electron chi connectivity index (χ0n) is 9.67. The minimum Gasteiger partial charge on any atom is -0.311 e. The van der Waals surface area contributed by atoms with Crippen LogP contribution in [0, 0.1) is 0 Å². The second-order valence-corrected chi connectivity index (χ2v) is 3.98. The van der Waals surface area contributed by atoms with E-state index >= 15 is 0 Å². The maximum atomic E-state index is 11.7. The van der Waals surface area contributed by atoms with Crippen LogP contribution in [0.3, 0.4) is 0 Å². The van der Waals surface area contributed by atoms with E-state index in [1.54, 1.807) is 10.6 Å². The molecule has 1 aromatic heterocycles. The van der Waals surface area contributed by atoms with Crippen molar-refractivity contribution in [1.82, 2.24) is 4.57 Å². The minimum absolute atomic E-state index is 0.0293. The number of rotatable bonds is 4. The number of hydrogen-bond acceptors (Lipinski definition) is 1. The lowest BCUT2D eigenvalue weighted by Gasteiger charge is -2.07. The van der Waals surface area contributed by atoms with Crippen LogP contribution < -0.4 is 5.56 Å². The fourth-order valence-electron chi connectivity index (χ4n) is 1.77. The van der Waals surface area contributed by atoms with Gasteiger partial charge in [0.1, 0.15) is 0 Å². The molecule has 0 fully saturated rings. The van der Waals surface area contributed by atoms with E-state index in [0.717, 1.165) is 17.5 Å². The summed E-state index contributed by atoms with van der Waals surface area (Å²) in [6.45, 7) is 4.32. The third-order valence-corrected chi connectivity index (χ3v) is 2.62. The molecule has 2 nitrogen and oxygen atoms in total. The molecule has 17 heavy (non-hydrogen) atoms. The zero-order chi connectivity index (χ0) is 12.1. The largest absolute Gasteiger partial charge is 0.311 e. The summed E-state index contributed by atoms with van der Waals surface area (Å²) in [5.41, 5.74) is 2.27. The Bertz CT molecular complexity index is 555. The molecule has 0 aliphatic rings. The van der Waals surface area contributed by atoms with Gasteiger partial charge in [-0.2, -0.15) is 0 Å². The molecule has 0 saturated carbocycles. The van der Waals surface area contributed by atoms with Crippen molar-refractivity contribution in [1.29, 1.82) is 0 Å². The van der Waals surface area contributed by atoms with Crippen molar-refractivity contribution in [3.8, 4) is 0 Å². The van der Waals surface area contributed by atoms with E-state index in [-0.39, 0.29) is 5.56 Å². The highest BCUT2D eigenvalue weighted by Gasteiger charge is 1.99. The molecule has 86 valence electrons. The average molecular weight is 225 g/mol. The van der Waals surface area contributed by atoms with Crippen molar-refractivity contribution in [2.75, 3.05) is 0 Å². The second kappa shape index (κ2) is 5.30. The number of allylic oxidation sites excluding steroid dienone is 1. The minimum atomic E-state index is 0.0293. The Balaban J connectivity index is 2.29. The number of hydrogen-bond donors (Lipinski definition) is 0. The van der Waals surface area contributed by atoms with Gasteiger partial charge in [-0.05, 0) is 17.5 Å². The lowest BCUT2D eigenvalue weighted by molar-refractivity contribution is 0.752. The fourth-order valence-corrected chi connectivity index (χ4v) is 1.77. The molecule has 0 radical (unpaired) electrons. The molecule has 0 atom stereocenters. The maximum absolute atomic E-state index is 11.7. The quantitative estimate of drug-likeness (QED) is 0.733. The Kier molecular flexibility index (Phi) is 3.55. The van der Waals surface area contributed by atoms with Gasteiger partial charge in [0.15, 0.2) is 0 Å². The summed E-state index contributed by atoms with van der Waals surface area (Å²) in [5, 5.41) is 0. The predicted octanol–water partition coefficient (Wildman–Crippen LogP) is 2.63. The summed E-state index contributed by atoms with van der Waals surface area (Å²) < 4.78 is 1.73. The van der Waals surface area contributed by atoms with Gasteiger partial charge in [0.05, 0.1) is 6.54 Å². The van der Waals surface area contributed by atoms with Crippen LogP contribution in [0.15, 0.2) is 66.1 Å². The van der Waals surface area contributed by atoms with Crippen molar-refractivity contribution >= 4 is 0 Å². The smallest absolute Gasteiger partial charge is 0.250 e. The van der Waals surface area contributed by atoms with Crippen LogP contribution in [0.1, 0.15) is 11.1 Å². The van der Waals surface area contributed by atoms with Crippen LogP contribution in [-0.2, 0) is 13.0 Å². The molecule has 0 aliphatic heterocycles. The molecule has 0 amide bonds. The molecule has 1 heterocycles. The molecular weight excluding hydrogens is 210 g/mol. The Hall–Kier alpha value is -2.09. The molecular formula is C15H15NO. The average Bonchev–Trinajstić information content (AvgIpc) is 2.35. The van der Waals surface area contributed by atoms with Gasteiger partial charge in [0.25, 0.3) is 5.56 Å². The Morgan fingerprint density at radius 2 is 1.82 bits per heavy atom. The first-order chi connectivity index (χ1) is 8.29. The summed E-state index contributed by atoms with van der Waals surface area (Å²) in [4.78, 5) is 11.7. The van der Waals surface area contributed by atoms with Crippen molar-refractivity contribution in [3.63, 3.8) is 0 Å². The Morgan fingerprint density at radius 3 is 2.53 bits per heavy atom. The number of aromatic nitrogens is 1.